The monoisotopic (exact) mass is 395 g/mol. The van der Waals surface area contributed by atoms with Gasteiger partial charge in [0.2, 0.25) is 0 Å². The molecule has 0 unspecified atom stereocenters. The molecule has 1 saturated heterocycles. The molecule has 6 rings (SSSR count). The van der Waals surface area contributed by atoms with Crippen molar-refractivity contribution in [2.75, 3.05) is 18.0 Å². The molecule has 148 valence electrons. The van der Waals surface area contributed by atoms with Gasteiger partial charge in [0.15, 0.2) is 0 Å². The summed E-state index contributed by atoms with van der Waals surface area (Å²) in [4.78, 5) is 19.8. The molecule has 2 aromatic carbocycles. The summed E-state index contributed by atoms with van der Waals surface area (Å²) >= 11 is 0. The molecule has 7 nitrogen and oxygen atoms in total. The summed E-state index contributed by atoms with van der Waals surface area (Å²) in [6.07, 6.45) is 3.65. The number of aromatic nitrogens is 6. The molecule has 0 bridgehead atoms. The minimum Gasteiger partial charge on any atom is -0.356 e. The number of nitrogens with one attached hydrogen (secondary N) is 1. The molecule has 1 fully saturated rings. The maximum Gasteiger partial charge on any atom is 0.254 e. The number of hydrogen-bond donors (Lipinski definition) is 1. The van der Waals surface area contributed by atoms with Crippen molar-refractivity contribution in [1.29, 1.82) is 0 Å². The predicted molar refractivity (Wildman–Crippen MR) is 116 cm³/mol. The topological polar surface area (TPSA) is 75.0 Å². The van der Waals surface area contributed by atoms with E-state index < -0.39 is 0 Å². The Labute approximate surface area is 173 Å². The van der Waals surface area contributed by atoms with Gasteiger partial charge in [-0.2, -0.15) is 14.6 Å². The second-order valence-electron chi connectivity index (χ2n) is 7.74. The Kier molecular flexibility index (Phi) is 3.97. The normalized spacial score (nSPS) is 15.3. The van der Waals surface area contributed by atoms with E-state index in [1.54, 1.807) is 6.33 Å². The molecule has 0 amide bonds. The van der Waals surface area contributed by atoms with Crippen molar-refractivity contribution in [3.05, 3.63) is 72.8 Å². The highest BCUT2D eigenvalue weighted by molar-refractivity contribution is 5.74. The summed E-state index contributed by atoms with van der Waals surface area (Å²) in [5.41, 5.74) is 4.16. The highest BCUT2D eigenvalue weighted by Gasteiger charge is 2.25. The number of piperidine rings is 1. The molecule has 0 aliphatic carbocycles. The summed E-state index contributed by atoms with van der Waals surface area (Å²) in [6.45, 7) is 1.88. The Hall–Kier alpha value is -3.74. The number of H-pyrrole nitrogens is 1. The van der Waals surface area contributed by atoms with E-state index in [2.05, 4.69) is 50.3 Å². The number of anilines is 1. The highest BCUT2D eigenvalue weighted by atomic mass is 15.4. The van der Waals surface area contributed by atoms with Gasteiger partial charge in [-0.3, -0.25) is 0 Å². The second-order valence-corrected chi connectivity index (χ2v) is 7.74. The third-order valence-electron chi connectivity index (χ3n) is 5.92. The summed E-state index contributed by atoms with van der Waals surface area (Å²) in [7, 11) is 0. The lowest BCUT2D eigenvalue weighted by Crippen LogP contribution is -2.34. The van der Waals surface area contributed by atoms with E-state index in [0.717, 1.165) is 59.9 Å². The molecule has 0 atom stereocenters. The van der Waals surface area contributed by atoms with E-state index in [1.165, 1.54) is 0 Å². The highest BCUT2D eigenvalue weighted by Crippen LogP contribution is 2.31. The van der Waals surface area contributed by atoms with Crippen LogP contribution in [0, 0.1) is 0 Å². The molecule has 5 aromatic rings. The van der Waals surface area contributed by atoms with Crippen LogP contribution in [0.3, 0.4) is 0 Å². The molecular formula is C23H21N7. The lowest BCUT2D eigenvalue weighted by atomic mass is 9.96. The number of benzene rings is 2. The lowest BCUT2D eigenvalue weighted by Gasteiger charge is -2.32. The Bertz CT molecular complexity index is 1280. The zero-order valence-corrected chi connectivity index (χ0v) is 16.4. The van der Waals surface area contributed by atoms with Crippen LogP contribution in [0.1, 0.15) is 24.6 Å². The minimum atomic E-state index is 0.440. The number of imidazole rings is 1. The Balaban J connectivity index is 1.29. The fourth-order valence-electron chi connectivity index (χ4n) is 4.33. The molecule has 3 aromatic heterocycles. The van der Waals surface area contributed by atoms with Gasteiger partial charge in [-0.15, -0.1) is 0 Å². The van der Waals surface area contributed by atoms with Gasteiger partial charge in [0.1, 0.15) is 18.0 Å². The third kappa shape index (κ3) is 2.90. The van der Waals surface area contributed by atoms with Crippen molar-refractivity contribution in [3.63, 3.8) is 0 Å². The zero-order valence-electron chi connectivity index (χ0n) is 16.4. The minimum absolute atomic E-state index is 0.440. The van der Waals surface area contributed by atoms with Gasteiger partial charge in [-0.05, 0) is 25.0 Å². The fourth-order valence-corrected chi connectivity index (χ4v) is 4.33. The van der Waals surface area contributed by atoms with Crippen molar-refractivity contribution in [3.8, 4) is 11.3 Å². The number of hydrogen-bond acceptors (Lipinski definition) is 5. The average Bonchev–Trinajstić information content (AvgIpc) is 3.46. The molecule has 1 aliphatic heterocycles. The SMILES string of the molecule is c1ccc(-c2cc(N3CCC(c4nc5ccccc5[nH]4)CC3)n3ncnc3n2)cc1. The third-order valence-corrected chi connectivity index (χ3v) is 5.92. The van der Waals surface area contributed by atoms with Gasteiger partial charge in [0.05, 0.1) is 16.7 Å². The molecular weight excluding hydrogens is 374 g/mol. The van der Waals surface area contributed by atoms with Crippen LogP contribution in [0.25, 0.3) is 28.1 Å². The van der Waals surface area contributed by atoms with Gasteiger partial charge in [-0.25, -0.2) is 9.97 Å². The molecule has 1 aliphatic rings. The van der Waals surface area contributed by atoms with Crippen LogP contribution < -0.4 is 4.90 Å². The summed E-state index contributed by atoms with van der Waals surface area (Å²) in [6, 6.07) is 20.6. The smallest absolute Gasteiger partial charge is 0.254 e. The van der Waals surface area contributed by atoms with Crippen LogP contribution in [0.15, 0.2) is 67.0 Å². The van der Waals surface area contributed by atoms with Gasteiger partial charge < -0.3 is 9.88 Å². The number of nitrogens with zero attached hydrogens (tertiary/aromatic N) is 6. The second kappa shape index (κ2) is 6.95. The molecule has 1 N–H and O–H groups in total. The predicted octanol–water partition coefficient (Wildman–Crippen LogP) is 4.05. The first-order chi connectivity index (χ1) is 14.8. The summed E-state index contributed by atoms with van der Waals surface area (Å²) in [5.74, 6) is 3.21. The molecule has 0 radical (unpaired) electrons. The Morgan fingerprint density at radius 2 is 1.70 bits per heavy atom. The molecule has 0 spiro atoms. The first-order valence-corrected chi connectivity index (χ1v) is 10.3. The molecule has 4 heterocycles. The van der Waals surface area contributed by atoms with Crippen molar-refractivity contribution in [2.24, 2.45) is 0 Å². The molecule has 30 heavy (non-hydrogen) atoms. The van der Waals surface area contributed by atoms with E-state index >= 15 is 0 Å². The summed E-state index contributed by atoms with van der Waals surface area (Å²) < 4.78 is 1.84. The van der Waals surface area contributed by atoms with Gasteiger partial charge in [0, 0.05) is 30.6 Å². The van der Waals surface area contributed by atoms with Crippen LogP contribution in [0.5, 0.6) is 0 Å². The van der Waals surface area contributed by atoms with Gasteiger partial charge >= 0.3 is 0 Å². The standard InChI is InChI=1S/C23H21N7/c1-2-6-16(7-3-1)20-14-21(30-23(28-20)24-15-25-30)29-12-10-17(11-13-29)22-26-18-8-4-5-9-19(18)27-22/h1-9,14-15,17H,10-13H2,(H,26,27). The van der Waals surface area contributed by atoms with Crippen LogP contribution in [-0.4, -0.2) is 42.6 Å². The van der Waals surface area contributed by atoms with Crippen LogP contribution in [0.4, 0.5) is 5.82 Å². The largest absolute Gasteiger partial charge is 0.356 e. The quantitative estimate of drug-likeness (QED) is 0.499. The van der Waals surface area contributed by atoms with Crippen molar-refractivity contribution >= 4 is 22.6 Å². The van der Waals surface area contributed by atoms with Gasteiger partial charge in [0.25, 0.3) is 5.78 Å². The number of para-hydroxylation sites is 2. The van der Waals surface area contributed by atoms with Crippen LogP contribution in [-0.2, 0) is 0 Å². The lowest BCUT2D eigenvalue weighted by molar-refractivity contribution is 0.485. The zero-order chi connectivity index (χ0) is 19.9. The first kappa shape index (κ1) is 17.1. The maximum absolute atomic E-state index is 4.82. The number of rotatable bonds is 3. The Morgan fingerprint density at radius 1 is 0.900 bits per heavy atom. The van der Waals surface area contributed by atoms with Crippen LogP contribution >= 0.6 is 0 Å². The number of aromatic amines is 1. The van der Waals surface area contributed by atoms with Crippen molar-refractivity contribution in [1.82, 2.24) is 29.5 Å². The van der Waals surface area contributed by atoms with E-state index in [1.807, 2.05) is 34.8 Å². The van der Waals surface area contributed by atoms with E-state index in [9.17, 15) is 0 Å². The van der Waals surface area contributed by atoms with E-state index in [0.29, 0.717) is 11.7 Å². The van der Waals surface area contributed by atoms with Gasteiger partial charge in [-0.1, -0.05) is 42.5 Å². The van der Waals surface area contributed by atoms with E-state index in [4.69, 9.17) is 9.97 Å². The molecule has 0 saturated carbocycles. The molecule has 7 heteroatoms. The summed E-state index contributed by atoms with van der Waals surface area (Å²) in [5, 5.41) is 4.42. The Morgan fingerprint density at radius 3 is 2.53 bits per heavy atom. The first-order valence-electron chi connectivity index (χ1n) is 10.3. The van der Waals surface area contributed by atoms with Crippen molar-refractivity contribution < 1.29 is 0 Å². The fraction of sp³-hybridized carbons (Fsp3) is 0.217. The van der Waals surface area contributed by atoms with Crippen LogP contribution in [0.2, 0.25) is 0 Å². The average molecular weight is 395 g/mol. The number of fused-ring (bicyclic) bond motifs is 2. The van der Waals surface area contributed by atoms with E-state index in [-0.39, 0.29) is 0 Å². The van der Waals surface area contributed by atoms with Crippen molar-refractivity contribution in [2.45, 2.75) is 18.8 Å². The maximum atomic E-state index is 4.82.